The summed E-state index contributed by atoms with van der Waals surface area (Å²) in [6, 6.07) is 18.3. The lowest BCUT2D eigenvalue weighted by Gasteiger charge is -2.11. The number of nitrogens with zero attached hydrogens (tertiary/aromatic N) is 1. The minimum absolute atomic E-state index is 0.0378. The van der Waals surface area contributed by atoms with E-state index in [0.29, 0.717) is 15.7 Å². The number of halogens is 1. The Kier molecular flexibility index (Phi) is 7.35. The van der Waals surface area contributed by atoms with Crippen LogP contribution >= 0.6 is 15.9 Å². The molecule has 9 heteroatoms. The maximum absolute atomic E-state index is 12.7. The number of carbonyl (C=O) groups excluding carboxylic acids is 3. The number of phenolic OH excluding ortho intramolecular Hbond substituents is 1. The van der Waals surface area contributed by atoms with E-state index in [9.17, 15) is 19.5 Å². The van der Waals surface area contributed by atoms with Crippen molar-refractivity contribution in [3.8, 4) is 5.75 Å². The lowest BCUT2D eigenvalue weighted by molar-refractivity contribution is -0.136. The summed E-state index contributed by atoms with van der Waals surface area (Å²) < 4.78 is 0.710. The van der Waals surface area contributed by atoms with E-state index in [0.717, 1.165) is 5.56 Å². The molecule has 0 spiro atoms. The number of hydrazone groups is 1. The summed E-state index contributed by atoms with van der Waals surface area (Å²) in [5.74, 6) is -2.51. The Balaban J connectivity index is 1.66. The van der Waals surface area contributed by atoms with Gasteiger partial charge in [0.25, 0.3) is 5.91 Å². The van der Waals surface area contributed by atoms with Crippen LogP contribution in [0, 0.1) is 6.92 Å². The molecule has 0 unspecified atom stereocenters. The van der Waals surface area contributed by atoms with Gasteiger partial charge in [0, 0.05) is 15.7 Å². The second-order valence-corrected chi connectivity index (χ2v) is 7.64. The van der Waals surface area contributed by atoms with Crippen LogP contribution in [0.2, 0.25) is 0 Å². The van der Waals surface area contributed by atoms with Crippen molar-refractivity contribution in [3.63, 3.8) is 0 Å². The molecule has 32 heavy (non-hydrogen) atoms. The molecule has 0 radical (unpaired) electrons. The molecule has 3 rings (SSSR count). The van der Waals surface area contributed by atoms with Crippen molar-refractivity contribution in [1.82, 2.24) is 5.43 Å². The number of amides is 3. The summed E-state index contributed by atoms with van der Waals surface area (Å²) in [6.07, 6.45) is 1.20. The van der Waals surface area contributed by atoms with Gasteiger partial charge >= 0.3 is 11.8 Å². The molecule has 3 amide bonds. The third-order valence-electron chi connectivity index (χ3n) is 4.26. The second kappa shape index (κ2) is 10.4. The Hall–Kier alpha value is -3.98. The highest BCUT2D eigenvalue weighted by Gasteiger charge is 2.18. The van der Waals surface area contributed by atoms with Crippen LogP contribution < -0.4 is 16.1 Å². The number of anilines is 2. The first-order valence-electron chi connectivity index (χ1n) is 9.43. The molecule has 0 bridgehead atoms. The van der Waals surface area contributed by atoms with Gasteiger partial charge in [0.15, 0.2) is 0 Å². The van der Waals surface area contributed by atoms with Crippen molar-refractivity contribution in [1.29, 1.82) is 0 Å². The van der Waals surface area contributed by atoms with Crippen LogP contribution in [0.5, 0.6) is 5.75 Å². The van der Waals surface area contributed by atoms with Crippen LogP contribution in [0.1, 0.15) is 21.5 Å². The summed E-state index contributed by atoms with van der Waals surface area (Å²) in [7, 11) is 0. The van der Waals surface area contributed by atoms with Crippen molar-refractivity contribution < 1.29 is 19.5 Å². The maximum Gasteiger partial charge on any atom is 0.329 e. The molecule has 8 nitrogen and oxygen atoms in total. The van der Waals surface area contributed by atoms with Crippen molar-refractivity contribution in [3.05, 3.63) is 87.9 Å². The molecular formula is C23H19BrN4O4. The number of phenols is 1. The second-order valence-electron chi connectivity index (χ2n) is 6.73. The monoisotopic (exact) mass is 494 g/mol. The smallest absolute Gasteiger partial charge is 0.329 e. The van der Waals surface area contributed by atoms with E-state index in [-0.39, 0.29) is 17.0 Å². The first kappa shape index (κ1) is 22.7. The molecule has 0 atom stereocenters. The number of carbonyl (C=O) groups is 3. The van der Waals surface area contributed by atoms with Crippen LogP contribution in [0.15, 0.2) is 76.3 Å². The quantitative estimate of drug-likeness (QED) is 0.245. The lowest BCUT2D eigenvalue weighted by Crippen LogP contribution is -2.33. The molecule has 0 aliphatic carbocycles. The van der Waals surface area contributed by atoms with Gasteiger partial charge in [-0.15, -0.1) is 0 Å². The van der Waals surface area contributed by atoms with Crippen molar-refractivity contribution in [2.24, 2.45) is 5.10 Å². The van der Waals surface area contributed by atoms with E-state index in [2.05, 4.69) is 37.1 Å². The minimum atomic E-state index is -1.04. The molecule has 0 aliphatic rings. The molecule has 0 aliphatic heterocycles. The molecule has 0 heterocycles. The summed E-state index contributed by atoms with van der Waals surface area (Å²) in [5, 5.41) is 18.6. The number of rotatable bonds is 5. The van der Waals surface area contributed by atoms with E-state index in [1.54, 1.807) is 30.3 Å². The highest BCUT2D eigenvalue weighted by Crippen LogP contribution is 2.20. The Morgan fingerprint density at radius 1 is 0.938 bits per heavy atom. The van der Waals surface area contributed by atoms with Gasteiger partial charge in [-0.25, -0.2) is 5.43 Å². The molecule has 0 aromatic heterocycles. The van der Waals surface area contributed by atoms with Gasteiger partial charge in [0.1, 0.15) is 5.75 Å². The summed E-state index contributed by atoms with van der Waals surface area (Å²) in [4.78, 5) is 37.0. The van der Waals surface area contributed by atoms with Crippen LogP contribution in [0.25, 0.3) is 0 Å². The molecular weight excluding hydrogens is 476 g/mol. The van der Waals surface area contributed by atoms with Gasteiger partial charge < -0.3 is 15.7 Å². The van der Waals surface area contributed by atoms with Crippen molar-refractivity contribution in [2.75, 3.05) is 10.6 Å². The highest BCUT2D eigenvalue weighted by atomic mass is 79.9. The Morgan fingerprint density at radius 2 is 1.72 bits per heavy atom. The largest absolute Gasteiger partial charge is 0.507 e. The topological polar surface area (TPSA) is 120 Å². The average molecular weight is 495 g/mol. The molecule has 3 aromatic carbocycles. The zero-order valence-corrected chi connectivity index (χ0v) is 18.5. The number of para-hydroxylation sites is 1. The van der Waals surface area contributed by atoms with Gasteiger partial charge in [-0.05, 0) is 55.0 Å². The lowest BCUT2D eigenvalue weighted by atomic mass is 10.1. The number of hydrogen-bond acceptors (Lipinski definition) is 5. The van der Waals surface area contributed by atoms with Gasteiger partial charge in [-0.2, -0.15) is 5.10 Å². The molecule has 162 valence electrons. The Labute approximate surface area is 192 Å². The zero-order valence-electron chi connectivity index (χ0n) is 16.9. The average Bonchev–Trinajstić information content (AvgIpc) is 2.76. The molecule has 3 aromatic rings. The van der Waals surface area contributed by atoms with Crippen molar-refractivity contribution in [2.45, 2.75) is 6.92 Å². The molecule has 0 saturated carbocycles. The van der Waals surface area contributed by atoms with E-state index < -0.39 is 17.7 Å². The highest BCUT2D eigenvalue weighted by molar-refractivity contribution is 9.10. The van der Waals surface area contributed by atoms with Gasteiger partial charge in [0.2, 0.25) is 0 Å². The normalized spacial score (nSPS) is 10.6. The Bertz CT molecular complexity index is 1210. The number of hydrogen-bond donors (Lipinski definition) is 4. The van der Waals surface area contributed by atoms with Crippen LogP contribution in [-0.4, -0.2) is 29.0 Å². The summed E-state index contributed by atoms with van der Waals surface area (Å²) >= 11 is 3.26. The SMILES string of the molecule is Cc1cccc(NC(=O)c2ccccc2NC(=O)C(=O)N/N=C/c2cc(Br)ccc2O)c1. The molecule has 0 saturated heterocycles. The Morgan fingerprint density at radius 3 is 2.50 bits per heavy atom. The van der Waals surface area contributed by atoms with E-state index in [4.69, 9.17) is 0 Å². The fourth-order valence-electron chi connectivity index (χ4n) is 2.73. The standard InChI is InChI=1S/C23H19BrN4O4/c1-14-5-4-6-17(11-14)26-21(30)18-7-2-3-8-19(18)27-22(31)23(32)28-25-13-15-12-16(24)9-10-20(15)29/h2-13,29H,1H3,(H,26,30)(H,27,31)(H,28,32)/b25-13+. The van der Waals surface area contributed by atoms with Crippen LogP contribution in [0.3, 0.4) is 0 Å². The molecule has 0 fully saturated rings. The molecule has 4 N–H and O–H groups in total. The fourth-order valence-corrected chi connectivity index (χ4v) is 3.11. The van der Waals surface area contributed by atoms with E-state index >= 15 is 0 Å². The fraction of sp³-hybridized carbons (Fsp3) is 0.0435. The first-order valence-corrected chi connectivity index (χ1v) is 10.2. The van der Waals surface area contributed by atoms with Crippen LogP contribution in [0.4, 0.5) is 11.4 Å². The van der Waals surface area contributed by atoms with E-state index in [1.807, 2.05) is 25.1 Å². The maximum atomic E-state index is 12.7. The zero-order chi connectivity index (χ0) is 23.1. The van der Waals surface area contributed by atoms with Crippen LogP contribution in [-0.2, 0) is 9.59 Å². The predicted molar refractivity (Wildman–Crippen MR) is 126 cm³/mol. The predicted octanol–water partition coefficient (Wildman–Crippen LogP) is 3.80. The summed E-state index contributed by atoms with van der Waals surface area (Å²) in [6.45, 7) is 1.91. The van der Waals surface area contributed by atoms with Gasteiger partial charge in [-0.3, -0.25) is 14.4 Å². The third-order valence-corrected chi connectivity index (χ3v) is 4.75. The summed E-state index contributed by atoms with van der Waals surface area (Å²) in [5.41, 5.74) is 4.39. The van der Waals surface area contributed by atoms with Gasteiger partial charge in [0.05, 0.1) is 17.5 Å². The number of aryl methyl sites for hydroxylation is 1. The number of nitrogens with one attached hydrogen (secondary N) is 3. The van der Waals surface area contributed by atoms with Gasteiger partial charge in [-0.1, -0.05) is 40.2 Å². The minimum Gasteiger partial charge on any atom is -0.507 e. The third kappa shape index (κ3) is 6.02. The van der Waals surface area contributed by atoms with Crippen molar-refractivity contribution >= 4 is 51.2 Å². The first-order chi connectivity index (χ1) is 15.3. The number of aromatic hydroxyl groups is 1. The number of benzene rings is 3. The van der Waals surface area contributed by atoms with E-state index in [1.165, 1.54) is 24.4 Å².